The molecule has 32 heavy (non-hydrogen) atoms. The Morgan fingerprint density at radius 3 is 2.44 bits per heavy atom. The molecule has 8 nitrogen and oxygen atoms in total. The van der Waals surface area contributed by atoms with E-state index in [1.165, 1.54) is 0 Å². The van der Waals surface area contributed by atoms with Gasteiger partial charge in [0, 0.05) is 38.5 Å². The summed E-state index contributed by atoms with van der Waals surface area (Å²) in [5, 5.41) is 0. The van der Waals surface area contributed by atoms with E-state index in [9.17, 15) is 14.0 Å². The monoisotopic (exact) mass is 448 g/mol. The summed E-state index contributed by atoms with van der Waals surface area (Å²) in [4.78, 5) is 36.6. The predicted octanol–water partition coefficient (Wildman–Crippen LogP) is 3.42. The van der Waals surface area contributed by atoms with Gasteiger partial charge in [-0.05, 0) is 52.0 Å². The lowest BCUT2D eigenvalue weighted by Crippen LogP contribution is -2.45. The highest BCUT2D eigenvalue weighted by atomic mass is 19.1. The maximum Gasteiger partial charge on any atom is 0.306 e. The molecule has 3 heterocycles. The molecule has 0 spiro atoms. The summed E-state index contributed by atoms with van der Waals surface area (Å²) in [7, 11) is 0. The van der Waals surface area contributed by atoms with E-state index in [1.54, 1.807) is 33.2 Å². The molecule has 1 amide bonds. The number of likely N-dealkylation sites (tertiary alicyclic amines) is 1. The highest BCUT2D eigenvalue weighted by Crippen LogP contribution is 2.24. The molecule has 0 atom stereocenters. The van der Waals surface area contributed by atoms with Crippen LogP contribution in [0.25, 0.3) is 0 Å². The Morgan fingerprint density at radius 2 is 1.88 bits per heavy atom. The molecule has 2 fully saturated rings. The van der Waals surface area contributed by atoms with Crippen molar-refractivity contribution in [2.45, 2.75) is 70.9 Å². The summed E-state index contributed by atoms with van der Waals surface area (Å²) in [5.41, 5.74) is -0.203. The normalized spacial score (nSPS) is 18.2. The molecule has 0 bridgehead atoms. The number of hydrogen-bond donors (Lipinski definition) is 0. The van der Waals surface area contributed by atoms with Crippen molar-refractivity contribution in [1.29, 1.82) is 0 Å². The van der Waals surface area contributed by atoms with E-state index in [2.05, 4.69) is 14.9 Å². The molecule has 176 valence electrons. The Labute approximate surface area is 188 Å². The lowest BCUT2D eigenvalue weighted by Gasteiger charge is -2.36. The van der Waals surface area contributed by atoms with E-state index in [0.717, 1.165) is 38.9 Å². The van der Waals surface area contributed by atoms with Gasteiger partial charge in [-0.25, -0.2) is 14.4 Å². The maximum atomic E-state index is 13.2. The third-order valence-electron chi connectivity index (χ3n) is 5.56. The molecule has 1 aromatic heterocycles. The number of aromatic nitrogens is 2. The Kier molecular flexibility index (Phi) is 8.04. The first-order valence-corrected chi connectivity index (χ1v) is 11.2. The molecule has 2 aliphatic rings. The van der Waals surface area contributed by atoms with Crippen LogP contribution in [-0.4, -0.2) is 64.6 Å². The topological polar surface area (TPSA) is 84.9 Å². The van der Waals surface area contributed by atoms with Crippen LogP contribution in [0.5, 0.6) is 5.75 Å². The van der Waals surface area contributed by atoms with E-state index in [1.807, 2.05) is 4.90 Å². The summed E-state index contributed by atoms with van der Waals surface area (Å²) < 4.78 is 24.0. The minimum Gasteiger partial charge on any atom is -0.486 e. The molecule has 1 aromatic rings. The third kappa shape index (κ3) is 6.90. The van der Waals surface area contributed by atoms with Crippen LogP contribution < -0.4 is 9.64 Å². The fourth-order valence-electron chi connectivity index (χ4n) is 3.97. The summed E-state index contributed by atoms with van der Waals surface area (Å²) >= 11 is 0. The van der Waals surface area contributed by atoms with Gasteiger partial charge in [-0.2, -0.15) is 0 Å². The van der Waals surface area contributed by atoms with Gasteiger partial charge in [0.1, 0.15) is 12.2 Å². The third-order valence-corrected chi connectivity index (χ3v) is 5.56. The number of ether oxygens (including phenoxy) is 2. The Hall–Kier alpha value is -2.71. The number of amides is 1. The number of anilines is 1. The smallest absolute Gasteiger partial charge is 0.306 e. The van der Waals surface area contributed by atoms with Gasteiger partial charge in [-0.15, -0.1) is 0 Å². The standard InChI is InChI=1S/C23H33FN4O4/c1-23(2,3)32-21(30)7-6-17(13-24)16-31-19-14-25-22(26-15-19)27-11-8-18(9-12-27)28-10-4-5-20(28)29/h13-15,18H,4-12,16H2,1-3H3/b17-13+. The number of hydrogen-bond acceptors (Lipinski definition) is 7. The first-order valence-electron chi connectivity index (χ1n) is 11.2. The lowest BCUT2D eigenvalue weighted by molar-refractivity contribution is -0.154. The second-order valence-corrected chi connectivity index (χ2v) is 9.27. The largest absolute Gasteiger partial charge is 0.486 e. The van der Waals surface area contributed by atoms with Crippen LogP contribution in [-0.2, 0) is 14.3 Å². The molecule has 2 aliphatic heterocycles. The minimum atomic E-state index is -0.562. The number of halogens is 1. The molecule has 0 aliphatic carbocycles. The van der Waals surface area contributed by atoms with Crippen LogP contribution >= 0.6 is 0 Å². The molecule has 0 saturated carbocycles. The number of rotatable bonds is 8. The molecule has 0 aromatic carbocycles. The van der Waals surface area contributed by atoms with E-state index >= 15 is 0 Å². The van der Waals surface area contributed by atoms with Crippen LogP contribution in [0.4, 0.5) is 10.3 Å². The maximum absolute atomic E-state index is 13.2. The Balaban J connectivity index is 1.42. The van der Waals surface area contributed by atoms with Crippen molar-refractivity contribution < 1.29 is 23.5 Å². The second kappa shape index (κ2) is 10.7. The zero-order chi connectivity index (χ0) is 23.1. The Morgan fingerprint density at radius 1 is 1.19 bits per heavy atom. The van der Waals surface area contributed by atoms with Gasteiger partial charge < -0.3 is 19.3 Å². The van der Waals surface area contributed by atoms with Crippen molar-refractivity contribution in [3.63, 3.8) is 0 Å². The summed E-state index contributed by atoms with van der Waals surface area (Å²) in [5.74, 6) is 0.953. The van der Waals surface area contributed by atoms with Crippen molar-refractivity contribution >= 4 is 17.8 Å². The quantitative estimate of drug-likeness (QED) is 0.563. The lowest BCUT2D eigenvalue weighted by atomic mass is 10.0. The highest BCUT2D eigenvalue weighted by Gasteiger charge is 2.31. The van der Waals surface area contributed by atoms with E-state index < -0.39 is 5.60 Å². The number of carbonyl (C=O) groups is 2. The molecule has 3 rings (SSSR count). The van der Waals surface area contributed by atoms with Gasteiger partial charge in [0.05, 0.1) is 18.7 Å². The van der Waals surface area contributed by atoms with Crippen LogP contribution in [0.2, 0.25) is 0 Å². The van der Waals surface area contributed by atoms with E-state index in [-0.39, 0.29) is 31.3 Å². The molecule has 0 N–H and O–H groups in total. The van der Waals surface area contributed by atoms with Gasteiger partial charge >= 0.3 is 5.97 Å². The molecule has 0 unspecified atom stereocenters. The molecular weight excluding hydrogens is 415 g/mol. The molecule has 9 heteroatoms. The second-order valence-electron chi connectivity index (χ2n) is 9.27. The predicted molar refractivity (Wildman–Crippen MR) is 118 cm³/mol. The van der Waals surface area contributed by atoms with Gasteiger partial charge in [0.15, 0.2) is 5.75 Å². The first kappa shape index (κ1) is 23.9. The highest BCUT2D eigenvalue weighted by molar-refractivity contribution is 5.78. The first-order chi connectivity index (χ1) is 15.2. The van der Waals surface area contributed by atoms with Gasteiger partial charge in [-0.1, -0.05) is 0 Å². The van der Waals surface area contributed by atoms with Crippen LogP contribution in [0.1, 0.15) is 59.3 Å². The van der Waals surface area contributed by atoms with Crippen molar-refractivity contribution in [2.75, 3.05) is 31.1 Å². The summed E-state index contributed by atoms with van der Waals surface area (Å²) in [6.45, 7) is 7.86. The number of nitrogens with zero attached hydrogens (tertiary/aromatic N) is 4. The van der Waals surface area contributed by atoms with Gasteiger partial charge in [0.25, 0.3) is 0 Å². The van der Waals surface area contributed by atoms with Crippen LogP contribution in [0.15, 0.2) is 24.3 Å². The molecule has 0 radical (unpaired) electrons. The van der Waals surface area contributed by atoms with Crippen molar-refractivity contribution in [3.8, 4) is 5.75 Å². The average molecular weight is 449 g/mol. The average Bonchev–Trinajstić information content (AvgIpc) is 3.19. The van der Waals surface area contributed by atoms with Gasteiger partial charge in [-0.3, -0.25) is 9.59 Å². The summed E-state index contributed by atoms with van der Waals surface area (Å²) in [6, 6.07) is 0.315. The SMILES string of the molecule is CC(C)(C)OC(=O)CC/C(=C\F)COc1cnc(N2CCC(N3CCCC3=O)CC2)nc1. The van der Waals surface area contributed by atoms with Crippen molar-refractivity contribution in [1.82, 2.24) is 14.9 Å². The fourth-order valence-corrected chi connectivity index (χ4v) is 3.97. The van der Waals surface area contributed by atoms with Crippen LogP contribution in [0, 0.1) is 0 Å². The molecule has 2 saturated heterocycles. The zero-order valence-electron chi connectivity index (χ0n) is 19.2. The van der Waals surface area contributed by atoms with E-state index in [4.69, 9.17) is 9.47 Å². The van der Waals surface area contributed by atoms with Gasteiger partial charge in [0.2, 0.25) is 11.9 Å². The number of esters is 1. The minimum absolute atomic E-state index is 0.0112. The zero-order valence-corrected chi connectivity index (χ0v) is 19.2. The van der Waals surface area contributed by atoms with Crippen molar-refractivity contribution in [3.05, 3.63) is 24.3 Å². The van der Waals surface area contributed by atoms with Crippen molar-refractivity contribution in [2.24, 2.45) is 0 Å². The number of carbonyl (C=O) groups excluding carboxylic acids is 2. The summed E-state index contributed by atoms with van der Waals surface area (Å²) in [6.07, 6.45) is 7.38. The van der Waals surface area contributed by atoms with Crippen LogP contribution in [0.3, 0.4) is 0 Å². The number of piperidine rings is 1. The fraction of sp³-hybridized carbons (Fsp3) is 0.652. The van der Waals surface area contributed by atoms with E-state index in [0.29, 0.717) is 36.1 Å². The molecular formula is C23H33FN4O4. The Bertz CT molecular complexity index is 814.